The van der Waals surface area contributed by atoms with Gasteiger partial charge in [0.1, 0.15) is 0 Å². The van der Waals surface area contributed by atoms with E-state index in [2.05, 4.69) is 29.2 Å². The second-order valence-electron chi connectivity index (χ2n) is 5.98. The van der Waals surface area contributed by atoms with Gasteiger partial charge in [-0.2, -0.15) is 0 Å². The Morgan fingerprint density at radius 1 is 1.29 bits per heavy atom. The number of likely N-dealkylation sites (N-methyl/N-ethyl adjacent to an activating group) is 1. The van der Waals surface area contributed by atoms with Gasteiger partial charge in [-0.3, -0.25) is 0 Å². The lowest BCUT2D eigenvalue weighted by Gasteiger charge is -2.36. The van der Waals surface area contributed by atoms with Crippen LogP contribution in [-0.2, 0) is 0 Å². The molecule has 1 unspecified atom stereocenters. The number of nitrogens with zero attached hydrogens (tertiary/aromatic N) is 2. The van der Waals surface area contributed by atoms with Gasteiger partial charge in [0.2, 0.25) is 0 Å². The summed E-state index contributed by atoms with van der Waals surface area (Å²) in [4.78, 5) is 4.59. The highest BCUT2D eigenvalue weighted by molar-refractivity contribution is 5.23. The van der Waals surface area contributed by atoms with Gasteiger partial charge in [-0.1, -0.05) is 12.1 Å². The Morgan fingerprint density at radius 3 is 2.52 bits per heavy atom. The topological polar surface area (TPSA) is 18.5 Å². The molecule has 21 heavy (non-hydrogen) atoms. The molecule has 5 heteroatoms. The number of benzene rings is 1. The van der Waals surface area contributed by atoms with E-state index in [1.165, 1.54) is 0 Å². The molecule has 118 valence electrons. The van der Waals surface area contributed by atoms with Gasteiger partial charge < -0.3 is 15.1 Å². The molecule has 1 N–H and O–H groups in total. The molecule has 1 heterocycles. The van der Waals surface area contributed by atoms with Gasteiger partial charge >= 0.3 is 0 Å². The van der Waals surface area contributed by atoms with Crippen molar-refractivity contribution in [1.29, 1.82) is 0 Å². The van der Waals surface area contributed by atoms with Crippen LogP contribution in [0.2, 0.25) is 0 Å². The molecule has 1 aromatic rings. The van der Waals surface area contributed by atoms with Gasteiger partial charge in [-0.05, 0) is 53.1 Å². The molecule has 0 radical (unpaired) electrons. The van der Waals surface area contributed by atoms with Crippen molar-refractivity contribution < 1.29 is 8.78 Å². The highest BCUT2D eigenvalue weighted by Crippen LogP contribution is 2.22. The molecule has 0 aliphatic carbocycles. The van der Waals surface area contributed by atoms with Crippen LogP contribution < -0.4 is 5.32 Å². The van der Waals surface area contributed by atoms with Crippen molar-refractivity contribution in [2.75, 3.05) is 40.8 Å². The van der Waals surface area contributed by atoms with E-state index in [-0.39, 0.29) is 6.04 Å². The van der Waals surface area contributed by atoms with Crippen molar-refractivity contribution in [3.05, 3.63) is 35.4 Å². The average Bonchev–Trinajstić information content (AvgIpc) is 2.48. The fraction of sp³-hybridized carbons (Fsp3) is 0.625. The number of halogens is 2. The maximum absolute atomic E-state index is 13.9. The predicted octanol–water partition coefficient (Wildman–Crippen LogP) is 2.25. The monoisotopic (exact) mass is 297 g/mol. The van der Waals surface area contributed by atoms with E-state index in [4.69, 9.17) is 0 Å². The Kier molecular flexibility index (Phi) is 5.67. The molecular weight excluding hydrogens is 272 g/mol. The number of nitrogens with one attached hydrogen (secondary N) is 1. The van der Waals surface area contributed by atoms with E-state index in [0.29, 0.717) is 18.2 Å². The van der Waals surface area contributed by atoms with Gasteiger partial charge in [0.15, 0.2) is 11.6 Å². The molecule has 0 bridgehead atoms. The molecule has 1 aliphatic rings. The fourth-order valence-corrected chi connectivity index (χ4v) is 3.01. The van der Waals surface area contributed by atoms with Crippen molar-refractivity contribution in [2.24, 2.45) is 0 Å². The third kappa shape index (κ3) is 3.99. The van der Waals surface area contributed by atoms with Crippen molar-refractivity contribution in [3.63, 3.8) is 0 Å². The molecule has 0 amide bonds. The molecule has 1 atom stereocenters. The maximum atomic E-state index is 13.9. The first-order valence-corrected chi connectivity index (χ1v) is 7.53. The molecule has 0 saturated carbocycles. The number of likely N-dealkylation sites (tertiary alicyclic amines) is 1. The second-order valence-corrected chi connectivity index (χ2v) is 5.98. The number of piperidine rings is 1. The Hall–Kier alpha value is -1.04. The average molecular weight is 297 g/mol. The van der Waals surface area contributed by atoms with Crippen LogP contribution in [-0.4, -0.2) is 56.6 Å². The van der Waals surface area contributed by atoms with Gasteiger partial charge in [0, 0.05) is 24.2 Å². The molecule has 3 nitrogen and oxygen atoms in total. The van der Waals surface area contributed by atoms with Gasteiger partial charge in [0.05, 0.1) is 0 Å². The molecular formula is C16H25F2N3. The van der Waals surface area contributed by atoms with Gasteiger partial charge in [-0.15, -0.1) is 0 Å². The van der Waals surface area contributed by atoms with Gasteiger partial charge in [-0.25, -0.2) is 8.78 Å². The second kappa shape index (κ2) is 7.29. The van der Waals surface area contributed by atoms with E-state index >= 15 is 0 Å². The van der Waals surface area contributed by atoms with Crippen LogP contribution in [0.1, 0.15) is 24.4 Å². The highest BCUT2D eigenvalue weighted by Gasteiger charge is 2.24. The van der Waals surface area contributed by atoms with Crippen LogP contribution in [0.15, 0.2) is 18.2 Å². The minimum Gasteiger partial charge on any atom is -0.312 e. The van der Waals surface area contributed by atoms with Crippen molar-refractivity contribution in [2.45, 2.75) is 24.9 Å². The van der Waals surface area contributed by atoms with E-state index in [1.54, 1.807) is 19.2 Å². The summed E-state index contributed by atoms with van der Waals surface area (Å²) in [5.74, 6) is -1.51. The predicted molar refractivity (Wildman–Crippen MR) is 81.3 cm³/mol. The van der Waals surface area contributed by atoms with Crippen molar-refractivity contribution in [1.82, 2.24) is 15.1 Å². The summed E-state index contributed by atoms with van der Waals surface area (Å²) in [6.07, 6.45) is 2.24. The van der Waals surface area contributed by atoms with E-state index < -0.39 is 11.6 Å². The first-order valence-electron chi connectivity index (χ1n) is 7.53. The Labute approximate surface area is 125 Å². The zero-order chi connectivity index (χ0) is 15.4. The molecule has 1 fully saturated rings. The van der Waals surface area contributed by atoms with Crippen LogP contribution in [0.4, 0.5) is 8.78 Å². The van der Waals surface area contributed by atoms with E-state index in [1.807, 2.05) is 0 Å². The number of rotatable bonds is 5. The summed E-state index contributed by atoms with van der Waals surface area (Å²) < 4.78 is 27.3. The van der Waals surface area contributed by atoms with Crippen LogP contribution in [0.3, 0.4) is 0 Å². The van der Waals surface area contributed by atoms with Crippen LogP contribution >= 0.6 is 0 Å². The minimum atomic E-state index is -0.779. The van der Waals surface area contributed by atoms with E-state index in [9.17, 15) is 8.78 Å². The molecule has 1 saturated heterocycles. The lowest BCUT2D eigenvalue weighted by atomic mass is 10.0. The van der Waals surface area contributed by atoms with Crippen LogP contribution in [0.5, 0.6) is 0 Å². The van der Waals surface area contributed by atoms with E-state index in [0.717, 1.165) is 32.0 Å². The van der Waals surface area contributed by atoms with Crippen LogP contribution in [0, 0.1) is 11.6 Å². The summed E-state index contributed by atoms with van der Waals surface area (Å²) in [7, 11) is 6.01. The lowest BCUT2D eigenvalue weighted by molar-refractivity contribution is 0.135. The Morgan fingerprint density at radius 2 is 1.95 bits per heavy atom. The summed E-state index contributed by atoms with van der Waals surface area (Å²) in [5.41, 5.74) is 0.409. The summed E-state index contributed by atoms with van der Waals surface area (Å²) in [6.45, 7) is 2.70. The summed E-state index contributed by atoms with van der Waals surface area (Å²) >= 11 is 0. The SMILES string of the molecule is CNC(CN1CCC(N(C)C)CC1)c1cccc(F)c1F. The molecule has 1 aromatic carbocycles. The molecule has 0 spiro atoms. The third-order valence-corrected chi connectivity index (χ3v) is 4.43. The van der Waals surface area contributed by atoms with Crippen molar-refractivity contribution >= 4 is 0 Å². The van der Waals surface area contributed by atoms with Gasteiger partial charge in [0.25, 0.3) is 0 Å². The first-order chi connectivity index (χ1) is 10.0. The zero-order valence-electron chi connectivity index (χ0n) is 13.1. The Balaban J connectivity index is 1.99. The quantitative estimate of drug-likeness (QED) is 0.899. The highest BCUT2D eigenvalue weighted by atomic mass is 19.2. The third-order valence-electron chi connectivity index (χ3n) is 4.43. The first kappa shape index (κ1) is 16.3. The minimum absolute atomic E-state index is 0.184. The number of hydrogen-bond acceptors (Lipinski definition) is 3. The summed E-state index contributed by atoms with van der Waals surface area (Å²) in [6, 6.07) is 4.83. The molecule has 1 aliphatic heterocycles. The Bertz CT molecular complexity index is 457. The standard InChI is InChI=1S/C16H25F2N3/c1-19-15(13-5-4-6-14(17)16(13)18)11-21-9-7-12(8-10-21)20(2)3/h4-6,12,15,19H,7-11H2,1-3H3. The van der Waals surface area contributed by atoms with Crippen molar-refractivity contribution in [3.8, 4) is 0 Å². The zero-order valence-corrected chi connectivity index (χ0v) is 13.1. The summed E-state index contributed by atoms with van der Waals surface area (Å²) in [5, 5.41) is 3.11. The fourth-order valence-electron chi connectivity index (χ4n) is 3.01. The maximum Gasteiger partial charge on any atom is 0.163 e. The largest absolute Gasteiger partial charge is 0.312 e. The lowest BCUT2D eigenvalue weighted by Crippen LogP contribution is -2.44. The normalized spacial score (nSPS) is 19.1. The molecule has 0 aromatic heterocycles. The molecule has 2 rings (SSSR count). The smallest absolute Gasteiger partial charge is 0.163 e. The number of hydrogen-bond donors (Lipinski definition) is 1. The van der Waals surface area contributed by atoms with Crippen LogP contribution in [0.25, 0.3) is 0 Å².